The predicted molar refractivity (Wildman–Crippen MR) is 181 cm³/mol. The fourth-order valence-corrected chi connectivity index (χ4v) is 5.10. The molecular weight excluding hydrogens is 647 g/mol. The van der Waals surface area contributed by atoms with Crippen molar-refractivity contribution in [1.29, 1.82) is 0 Å². The van der Waals surface area contributed by atoms with E-state index >= 15 is 0 Å². The van der Waals surface area contributed by atoms with Gasteiger partial charge in [-0.25, -0.2) is 28.8 Å². The van der Waals surface area contributed by atoms with Gasteiger partial charge in [-0.05, 0) is 62.9 Å². The topological polar surface area (TPSA) is 175 Å². The van der Waals surface area contributed by atoms with E-state index in [2.05, 4.69) is 30.3 Å². The lowest BCUT2D eigenvalue weighted by atomic mass is 9.97. The molecule has 48 heavy (non-hydrogen) atoms. The second kappa shape index (κ2) is 17.8. The minimum Gasteiger partial charge on any atom is -0.477 e. The van der Waals surface area contributed by atoms with Crippen molar-refractivity contribution in [3.63, 3.8) is 0 Å². The summed E-state index contributed by atoms with van der Waals surface area (Å²) in [6.45, 7) is 5.77. The lowest BCUT2D eigenvalue weighted by Crippen LogP contribution is -2.34. The highest BCUT2D eigenvalue weighted by Crippen LogP contribution is 2.35. The minimum absolute atomic E-state index is 0.00898. The van der Waals surface area contributed by atoms with E-state index in [1.807, 2.05) is 13.8 Å². The number of halogens is 2. The molecule has 0 saturated heterocycles. The Morgan fingerprint density at radius 3 is 2.58 bits per heavy atom. The molecule has 0 fully saturated rings. The number of carbonyl (C=O) groups is 4. The van der Waals surface area contributed by atoms with E-state index in [-0.39, 0.29) is 47.5 Å². The number of ether oxygens (including phenoxy) is 2. The van der Waals surface area contributed by atoms with Crippen LogP contribution >= 0.6 is 11.6 Å². The molecule has 0 saturated carbocycles. The van der Waals surface area contributed by atoms with Gasteiger partial charge in [0, 0.05) is 36.1 Å². The number of aliphatic carboxylic acids is 1. The molecule has 258 valence electrons. The summed E-state index contributed by atoms with van der Waals surface area (Å²) in [5.74, 6) is -2.20. The fraction of sp³-hybridized carbons (Fsp3) is 0.394. The average molecular weight is 687 g/mol. The number of rotatable bonds is 8. The SMILES string of the molecule is CC.COC(=O)Nc1ccc2c(c1)N=C(C(=O)O)CCCCC(C(=O)N(C)CCCOC(=O)Nc1ccc(Cl)c(F)c1C)c1ncc-2[nH]1. The van der Waals surface area contributed by atoms with Gasteiger partial charge in [-0.3, -0.25) is 15.4 Å². The van der Waals surface area contributed by atoms with Crippen LogP contribution in [0.15, 0.2) is 41.5 Å². The number of H-pyrrole nitrogens is 1. The van der Waals surface area contributed by atoms with Crippen molar-refractivity contribution in [3.8, 4) is 11.3 Å². The van der Waals surface area contributed by atoms with E-state index in [9.17, 15) is 28.7 Å². The smallest absolute Gasteiger partial charge is 0.411 e. The van der Waals surface area contributed by atoms with Crippen molar-refractivity contribution in [1.82, 2.24) is 14.9 Å². The molecule has 13 nitrogen and oxygen atoms in total. The van der Waals surface area contributed by atoms with Gasteiger partial charge in [0.25, 0.3) is 0 Å². The Bertz CT molecular complexity index is 1660. The standard InChI is InChI=1S/C31H34ClFN6O7.C2H6/c1-17-22(12-11-21(32)26(17)33)38-31(44)46-14-6-13-39(2)28(40)20-7-4-5-8-23(29(41)42)36-24-15-18(35-30(43)45-3)9-10-19(24)25-16-34-27(20)37-25;1-2/h9-12,15-16,20H,4-8,13-14H2,1-3H3,(H,34,37)(H,35,43)(H,38,44)(H,41,42);1-2H3. The molecule has 3 aromatic rings. The molecule has 1 unspecified atom stereocenters. The summed E-state index contributed by atoms with van der Waals surface area (Å²) in [7, 11) is 2.87. The first-order valence-corrected chi connectivity index (χ1v) is 15.8. The first kappa shape index (κ1) is 37.5. The van der Waals surface area contributed by atoms with Gasteiger partial charge in [-0.1, -0.05) is 31.9 Å². The number of fused-ring (bicyclic) bond motifs is 4. The molecule has 4 N–H and O–H groups in total. The molecule has 3 amide bonds. The summed E-state index contributed by atoms with van der Waals surface area (Å²) in [6.07, 6.45) is 2.00. The van der Waals surface area contributed by atoms with Crippen LogP contribution in [0.3, 0.4) is 0 Å². The first-order chi connectivity index (χ1) is 23.0. The number of carboxylic acid groups (broad SMARTS) is 1. The Morgan fingerprint density at radius 2 is 1.88 bits per heavy atom. The van der Waals surface area contributed by atoms with Crippen molar-refractivity contribution in [3.05, 3.63) is 58.8 Å². The molecule has 4 rings (SSSR count). The number of hydrogen-bond donors (Lipinski definition) is 4. The number of carbonyl (C=O) groups excluding carboxylic acids is 3. The van der Waals surface area contributed by atoms with Crippen LogP contribution in [0.1, 0.15) is 63.3 Å². The maximum absolute atomic E-state index is 14.0. The molecule has 1 aliphatic rings. The van der Waals surface area contributed by atoms with Gasteiger partial charge in [-0.2, -0.15) is 0 Å². The molecule has 2 bridgehead atoms. The molecule has 1 aromatic heterocycles. The van der Waals surface area contributed by atoms with Crippen molar-refractivity contribution in [2.75, 3.05) is 37.9 Å². The van der Waals surface area contributed by atoms with Crippen LogP contribution in [-0.2, 0) is 19.1 Å². The number of benzene rings is 2. The van der Waals surface area contributed by atoms with Gasteiger partial charge in [0.15, 0.2) is 0 Å². The number of likely N-dealkylation sites (N-methyl/N-ethyl adjacent to an activating group) is 1. The largest absolute Gasteiger partial charge is 0.477 e. The number of aromatic amines is 1. The Balaban J connectivity index is 0.00000307. The molecule has 15 heteroatoms. The number of aliphatic imine (C=N–C) groups is 1. The summed E-state index contributed by atoms with van der Waals surface area (Å²) in [4.78, 5) is 63.2. The summed E-state index contributed by atoms with van der Waals surface area (Å²) in [5.41, 5.74) is 2.06. The van der Waals surface area contributed by atoms with Crippen LogP contribution in [-0.4, -0.2) is 77.1 Å². The van der Waals surface area contributed by atoms with E-state index in [0.717, 1.165) is 0 Å². The number of nitrogens with zero attached hydrogens (tertiary/aromatic N) is 3. The van der Waals surface area contributed by atoms with E-state index < -0.39 is 29.9 Å². The lowest BCUT2D eigenvalue weighted by molar-refractivity contribution is -0.132. The normalized spacial score (nSPS) is 14.0. The van der Waals surface area contributed by atoms with Crippen LogP contribution < -0.4 is 10.6 Å². The van der Waals surface area contributed by atoms with Gasteiger partial charge in [0.05, 0.1) is 42.2 Å². The average Bonchev–Trinajstić information content (AvgIpc) is 3.56. The third kappa shape index (κ3) is 9.77. The van der Waals surface area contributed by atoms with Crippen LogP contribution in [0.25, 0.3) is 11.3 Å². The minimum atomic E-state index is -1.17. The summed E-state index contributed by atoms with van der Waals surface area (Å²) >= 11 is 5.76. The molecule has 1 aliphatic heterocycles. The van der Waals surface area contributed by atoms with E-state index in [4.69, 9.17) is 16.3 Å². The number of imidazole rings is 1. The number of hydrogen-bond acceptors (Lipinski definition) is 8. The van der Waals surface area contributed by atoms with Gasteiger partial charge >= 0.3 is 18.2 Å². The molecule has 0 spiro atoms. The summed E-state index contributed by atoms with van der Waals surface area (Å²) in [5, 5.41) is 14.8. The fourth-order valence-electron chi connectivity index (χ4n) is 4.90. The Labute approximate surface area is 282 Å². The van der Waals surface area contributed by atoms with Gasteiger partial charge in [-0.15, -0.1) is 0 Å². The first-order valence-electron chi connectivity index (χ1n) is 15.5. The van der Waals surface area contributed by atoms with Gasteiger partial charge in [0.1, 0.15) is 17.4 Å². The van der Waals surface area contributed by atoms with Crippen LogP contribution in [0.5, 0.6) is 0 Å². The van der Waals surface area contributed by atoms with Crippen LogP contribution in [0.2, 0.25) is 5.02 Å². The number of carboxylic acids is 1. The molecule has 2 aromatic carbocycles. The Morgan fingerprint density at radius 1 is 1.12 bits per heavy atom. The zero-order chi connectivity index (χ0) is 35.4. The number of amides is 3. The number of aromatic nitrogens is 2. The van der Waals surface area contributed by atoms with E-state index in [0.29, 0.717) is 54.1 Å². The maximum Gasteiger partial charge on any atom is 0.411 e. The quantitative estimate of drug-likeness (QED) is 0.179. The highest BCUT2D eigenvalue weighted by molar-refractivity contribution is 6.36. The van der Waals surface area contributed by atoms with E-state index in [1.165, 1.54) is 37.1 Å². The van der Waals surface area contributed by atoms with E-state index in [1.54, 1.807) is 25.4 Å². The number of nitrogens with one attached hydrogen (secondary N) is 3. The summed E-state index contributed by atoms with van der Waals surface area (Å²) < 4.78 is 23.9. The van der Waals surface area contributed by atoms with Crippen LogP contribution in [0.4, 0.5) is 31.0 Å². The van der Waals surface area contributed by atoms with Crippen molar-refractivity contribution in [2.45, 2.75) is 58.8 Å². The zero-order valence-corrected chi connectivity index (χ0v) is 28.2. The van der Waals surface area contributed by atoms with Gasteiger partial charge < -0.3 is 24.5 Å². The second-order valence-corrected chi connectivity index (χ2v) is 11.0. The van der Waals surface area contributed by atoms with Crippen molar-refractivity contribution >= 4 is 58.4 Å². The number of methoxy groups -OCH3 is 1. The third-order valence-electron chi connectivity index (χ3n) is 7.43. The highest BCUT2D eigenvalue weighted by atomic mass is 35.5. The second-order valence-electron chi connectivity index (χ2n) is 10.6. The molecule has 0 aliphatic carbocycles. The lowest BCUT2D eigenvalue weighted by Gasteiger charge is -2.23. The highest BCUT2D eigenvalue weighted by Gasteiger charge is 2.28. The van der Waals surface area contributed by atoms with Crippen molar-refractivity contribution in [2.24, 2.45) is 4.99 Å². The van der Waals surface area contributed by atoms with Gasteiger partial charge in [0.2, 0.25) is 5.91 Å². The van der Waals surface area contributed by atoms with Crippen LogP contribution in [0, 0.1) is 12.7 Å². The summed E-state index contributed by atoms with van der Waals surface area (Å²) in [6, 6.07) is 7.63. The molecule has 0 radical (unpaired) electrons. The maximum atomic E-state index is 14.0. The molecular formula is C33H40ClFN6O7. The molecule has 1 atom stereocenters. The molecule has 2 heterocycles. The van der Waals surface area contributed by atoms with Crippen molar-refractivity contribution < 1.29 is 38.1 Å². The number of anilines is 2. The Kier molecular flexibility index (Phi) is 13.9. The Hall–Kier alpha value is -4.98. The third-order valence-corrected chi connectivity index (χ3v) is 7.72. The monoisotopic (exact) mass is 686 g/mol. The predicted octanol–water partition coefficient (Wildman–Crippen LogP) is 7.29. The zero-order valence-electron chi connectivity index (χ0n) is 27.5.